The van der Waals surface area contributed by atoms with Gasteiger partial charge in [-0.25, -0.2) is 9.59 Å². The number of aromatic nitrogens is 2. The number of urea groups is 1. The van der Waals surface area contributed by atoms with Crippen LogP contribution in [0.15, 0.2) is 18.5 Å². The van der Waals surface area contributed by atoms with Gasteiger partial charge in [0.05, 0.1) is 6.54 Å². The zero-order valence-electron chi connectivity index (χ0n) is 12.2. The molecule has 2 amide bonds. The number of likely N-dealkylation sites (tertiary alicyclic amines) is 1. The highest BCUT2D eigenvalue weighted by atomic mass is 16.4. The molecule has 0 bridgehead atoms. The molecule has 1 aromatic heterocycles. The van der Waals surface area contributed by atoms with Gasteiger partial charge in [-0.3, -0.25) is 4.68 Å². The lowest BCUT2D eigenvalue weighted by Crippen LogP contribution is -2.53. The highest BCUT2D eigenvalue weighted by molar-refractivity contribution is 5.82. The monoisotopic (exact) mass is 294 g/mol. The molecule has 2 N–H and O–H groups in total. The third-order valence-corrected chi connectivity index (χ3v) is 4.01. The molecule has 1 aliphatic heterocycles. The van der Waals surface area contributed by atoms with E-state index < -0.39 is 12.0 Å². The van der Waals surface area contributed by atoms with E-state index in [1.54, 1.807) is 10.9 Å². The van der Waals surface area contributed by atoms with Crippen LogP contribution >= 0.6 is 0 Å². The highest BCUT2D eigenvalue weighted by Crippen LogP contribution is 2.25. The molecule has 1 aromatic rings. The summed E-state index contributed by atoms with van der Waals surface area (Å²) in [6.07, 6.45) is 5.86. The second-order valence-electron chi connectivity index (χ2n) is 5.35. The second-order valence-corrected chi connectivity index (χ2v) is 5.35. The van der Waals surface area contributed by atoms with Crippen molar-refractivity contribution in [3.05, 3.63) is 18.5 Å². The van der Waals surface area contributed by atoms with E-state index in [2.05, 4.69) is 17.3 Å². The van der Waals surface area contributed by atoms with Crippen molar-refractivity contribution in [1.82, 2.24) is 20.0 Å². The molecule has 0 saturated carbocycles. The lowest BCUT2D eigenvalue weighted by molar-refractivity contribution is -0.144. The average Bonchev–Trinajstić information content (AvgIpc) is 2.99. The van der Waals surface area contributed by atoms with Gasteiger partial charge in [-0.2, -0.15) is 5.10 Å². The van der Waals surface area contributed by atoms with Crippen LogP contribution in [0.3, 0.4) is 0 Å². The maximum Gasteiger partial charge on any atom is 0.326 e. The van der Waals surface area contributed by atoms with Crippen molar-refractivity contribution in [3.63, 3.8) is 0 Å². The second kappa shape index (κ2) is 7.10. The van der Waals surface area contributed by atoms with Crippen molar-refractivity contribution in [2.45, 2.75) is 38.8 Å². The van der Waals surface area contributed by atoms with E-state index in [9.17, 15) is 14.7 Å². The van der Waals surface area contributed by atoms with Gasteiger partial charge in [0.15, 0.2) is 0 Å². The zero-order chi connectivity index (χ0) is 15.2. The van der Waals surface area contributed by atoms with Gasteiger partial charge in [0, 0.05) is 25.5 Å². The van der Waals surface area contributed by atoms with Crippen LogP contribution in [-0.4, -0.2) is 50.9 Å². The first kappa shape index (κ1) is 15.3. The fourth-order valence-corrected chi connectivity index (χ4v) is 2.70. The normalized spacial score (nSPS) is 22.0. The summed E-state index contributed by atoms with van der Waals surface area (Å²) in [5.74, 6) is -0.533. The molecule has 1 saturated heterocycles. The molecule has 2 heterocycles. The quantitative estimate of drug-likeness (QED) is 0.853. The average molecular weight is 294 g/mol. The highest BCUT2D eigenvalue weighted by Gasteiger charge is 2.35. The molecule has 1 fully saturated rings. The largest absolute Gasteiger partial charge is 0.480 e. The first-order chi connectivity index (χ1) is 10.1. The zero-order valence-corrected chi connectivity index (χ0v) is 12.2. The van der Waals surface area contributed by atoms with Crippen LogP contribution in [0.4, 0.5) is 4.79 Å². The topological polar surface area (TPSA) is 87.5 Å². The Bertz CT molecular complexity index is 475. The minimum atomic E-state index is -0.921. The number of hydrogen-bond acceptors (Lipinski definition) is 3. The van der Waals surface area contributed by atoms with Gasteiger partial charge in [-0.15, -0.1) is 0 Å². The molecule has 21 heavy (non-hydrogen) atoms. The molecule has 1 aliphatic rings. The molecule has 0 radical (unpaired) electrons. The molecule has 2 rings (SSSR count). The van der Waals surface area contributed by atoms with Gasteiger partial charge in [-0.05, 0) is 24.8 Å². The molecule has 0 aromatic carbocycles. The molecule has 0 spiro atoms. The van der Waals surface area contributed by atoms with E-state index in [4.69, 9.17) is 0 Å². The lowest BCUT2D eigenvalue weighted by Gasteiger charge is -2.36. The summed E-state index contributed by atoms with van der Waals surface area (Å²) in [7, 11) is 0. The Hall–Kier alpha value is -2.05. The van der Waals surface area contributed by atoms with Crippen LogP contribution in [0.1, 0.15) is 26.2 Å². The number of amides is 2. The Morgan fingerprint density at radius 2 is 2.29 bits per heavy atom. The third-order valence-electron chi connectivity index (χ3n) is 4.01. The number of rotatable bonds is 5. The summed E-state index contributed by atoms with van der Waals surface area (Å²) >= 11 is 0. The molecule has 0 aliphatic carbocycles. The number of carboxylic acid groups (broad SMARTS) is 1. The maximum atomic E-state index is 12.2. The number of carboxylic acids is 1. The Balaban J connectivity index is 1.86. The summed E-state index contributed by atoms with van der Waals surface area (Å²) in [6.45, 7) is 3.56. The Labute approximate surface area is 123 Å². The predicted octanol–water partition coefficient (Wildman–Crippen LogP) is 1.17. The third kappa shape index (κ3) is 3.96. The molecule has 7 heteroatoms. The molecule has 2 unspecified atom stereocenters. The van der Waals surface area contributed by atoms with Gasteiger partial charge < -0.3 is 15.3 Å². The first-order valence-corrected chi connectivity index (χ1v) is 7.36. The van der Waals surface area contributed by atoms with Crippen LogP contribution in [0.5, 0.6) is 0 Å². The molecular weight excluding hydrogens is 272 g/mol. The SMILES string of the molecule is CCC1CCN(C(=O)NCCn2cccn2)C(C(=O)O)C1. The van der Waals surface area contributed by atoms with Gasteiger partial charge in [-0.1, -0.05) is 13.3 Å². The standard InChI is InChI=1S/C14H22N4O3/c1-2-11-4-8-18(12(10-11)13(19)20)14(21)15-6-9-17-7-3-5-16-17/h3,5,7,11-12H,2,4,6,8-10H2,1H3,(H,15,21)(H,19,20). The number of carbonyl (C=O) groups excluding carboxylic acids is 1. The number of nitrogens with one attached hydrogen (secondary N) is 1. The smallest absolute Gasteiger partial charge is 0.326 e. The van der Waals surface area contributed by atoms with Crippen LogP contribution < -0.4 is 5.32 Å². The van der Waals surface area contributed by atoms with Crippen LogP contribution in [0, 0.1) is 5.92 Å². The van der Waals surface area contributed by atoms with Crippen molar-refractivity contribution in [1.29, 1.82) is 0 Å². The van der Waals surface area contributed by atoms with Gasteiger partial charge in [0.25, 0.3) is 0 Å². The summed E-state index contributed by atoms with van der Waals surface area (Å²) < 4.78 is 1.72. The lowest BCUT2D eigenvalue weighted by atomic mass is 9.89. The van der Waals surface area contributed by atoms with Crippen molar-refractivity contribution >= 4 is 12.0 Å². The van der Waals surface area contributed by atoms with Crippen LogP contribution in [0.2, 0.25) is 0 Å². The van der Waals surface area contributed by atoms with E-state index in [1.807, 2.05) is 12.3 Å². The first-order valence-electron chi connectivity index (χ1n) is 7.36. The van der Waals surface area contributed by atoms with E-state index in [0.29, 0.717) is 32.0 Å². The van der Waals surface area contributed by atoms with Gasteiger partial charge in [0.2, 0.25) is 0 Å². The number of carbonyl (C=O) groups is 2. The maximum absolute atomic E-state index is 12.2. The van der Waals surface area contributed by atoms with Crippen molar-refractivity contribution in [2.75, 3.05) is 13.1 Å². The minimum absolute atomic E-state index is 0.302. The summed E-state index contributed by atoms with van der Waals surface area (Å²) in [5, 5.41) is 16.1. The summed E-state index contributed by atoms with van der Waals surface area (Å²) in [4.78, 5) is 25.0. The Kier molecular flexibility index (Phi) is 5.19. The Morgan fingerprint density at radius 1 is 1.48 bits per heavy atom. The van der Waals surface area contributed by atoms with Gasteiger partial charge >= 0.3 is 12.0 Å². The summed E-state index contributed by atoms with van der Waals surface area (Å²) in [6, 6.07) is 0.801. The van der Waals surface area contributed by atoms with Crippen molar-refractivity contribution < 1.29 is 14.7 Å². The molecule has 2 atom stereocenters. The van der Waals surface area contributed by atoms with E-state index in [-0.39, 0.29) is 6.03 Å². The number of aliphatic carboxylic acids is 1. The molecule has 116 valence electrons. The molecular formula is C14H22N4O3. The van der Waals surface area contributed by atoms with Gasteiger partial charge in [0.1, 0.15) is 6.04 Å². The van der Waals surface area contributed by atoms with Crippen molar-refractivity contribution in [3.8, 4) is 0 Å². The number of nitrogens with zero attached hydrogens (tertiary/aromatic N) is 3. The van der Waals surface area contributed by atoms with Crippen molar-refractivity contribution in [2.24, 2.45) is 5.92 Å². The number of piperidine rings is 1. The van der Waals surface area contributed by atoms with E-state index >= 15 is 0 Å². The molecule has 7 nitrogen and oxygen atoms in total. The number of hydrogen-bond donors (Lipinski definition) is 2. The minimum Gasteiger partial charge on any atom is -0.480 e. The van der Waals surface area contributed by atoms with E-state index in [1.165, 1.54) is 4.90 Å². The fourth-order valence-electron chi connectivity index (χ4n) is 2.70. The fraction of sp³-hybridized carbons (Fsp3) is 0.643. The van der Waals surface area contributed by atoms with Crippen LogP contribution in [-0.2, 0) is 11.3 Å². The van der Waals surface area contributed by atoms with E-state index in [0.717, 1.165) is 12.8 Å². The predicted molar refractivity (Wildman–Crippen MR) is 76.8 cm³/mol. The van der Waals surface area contributed by atoms with Crippen LogP contribution in [0.25, 0.3) is 0 Å². The summed E-state index contributed by atoms with van der Waals surface area (Å²) in [5.41, 5.74) is 0. The Morgan fingerprint density at radius 3 is 2.90 bits per heavy atom.